The van der Waals surface area contributed by atoms with Gasteiger partial charge in [-0.05, 0) is 25.5 Å². The van der Waals surface area contributed by atoms with E-state index in [0.29, 0.717) is 0 Å². The molecule has 1 rings (SSSR count). The van der Waals surface area contributed by atoms with Crippen LogP contribution in [0.15, 0.2) is 22.7 Å². The minimum Gasteiger partial charge on any atom is -0.206 e. The maximum Gasteiger partial charge on any atom is 0.131 e. The molecule has 0 aliphatic heterocycles. The van der Waals surface area contributed by atoms with Crippen molar-refractivity contribution in [1.82, 2.24) is 0 Å². The van der Waals surface area contributed by atoms with Gasteiger partial charge in [0.1, 0.15) is 5.82 Å². The SMILES string of the molecule is CP(C)c1c(F)cccc1Br. The van der Waals surface area contributed by atoms with E-state index in [-0.39, 0.29) is 13.7 Å². The number of halogens is 2. The van der Waals surface area contributed by atoms with Crippen LogP contribution >= 0.6 is 23.9 Å². The summed E-state index contributed by atoms with van der Waals surface area (Å²) < 4.78 is 14.0. The number of rotatable bonds is 1. The molecule has 0 amide bonds. The van der Waals surface area contributed by atoms with E-state index in [4.69, 9.17) is 0 Å². The lowest BCUT2D eigenvalue weighted by Crippen LogP contribution is -2.06. The minimum atomic E-state index is -0.359. The second-order valence-electron chi connectivity index (χ2n) is 2.46. The zero-order valence-corrected chi connectivity index (χ0v) is 8.92. The lowest BCUT2D eigenvalue weighted by atomic mass is 10.3. The van der Waals surface area contributed by atoms with Gasteiger partial charge in [0.2, 0.25) is 0 Å². The van der Waals surface area contributed by atoms with Crippen LogP contribution in [0.5, 0.6) is 0 Å². The minimum absolute atomic E-state index is 0.101. The normalized spacial score (nSPS) is 10.6. The monoisotopic (exact) mass is 234 g/mol. The van der Waals surface area contributed by atoms with Gasteiger partial charge in [0.05, 0.1) is 0 Å². The van der Waals surface area contributed by atoms with E-state index in [1.165, 1.54) is 6.07 Å². The quantitative estimate of drug-likeness (QED) is 0.656. The van der Waals surface area contributed by atoms with Gasteiger partial charge in [0.15, 0.2) is 0 Å². The van der Waals surface area contributed by atoms with Crippen LogP contribution < -0.4 is 5.30 Å². The molecule has 0 aliphatic carbocycles. The highest BCUT2D eigenvalue weighted by molar-refractivity contribution is 9.10. The predicted molar refractivity (Wildman–Crippen MR) is 52.5 cm³/mol. The third-order valence-electron chi connectivity index (χ3n) is 1.38. The molecule has 0 radical (unpaired) electrons. The van der Waals surface area contributed by atoms with Crippen LogP contribution in [0.1, 0.15) is 0 Å². The van der Waals surface area contributed by atoms with Gasteiger partial charge in [-0.3, -0.25) is 0 Å². The van der Waals surface area contributed by atoms with Crippen LogP contribution in [0, 0.1) is 5.82 Å². The van der Waals surface area contributed by atoms with Gasteiger partial charge in [-0.2, -0.15) is 0 Å². The highest BCUT2D eigenvalue weighted by Gasteiger charge is 2.08. The molecule has 0 saturated heterocycles. The molecule has 0 aliphatic rings. The van der Waals surface area contributed by atoms with Crippen LogP contribution in [0.25, 0.3) is 0 Å². The van der Waals surface area contributed by atoms with E-state index in [1.54, 1.807) is 6.07 Å². The van der Waals surface area contributed by atoms with Gasteiger partial charge in [-0.1, -0.05) is 29.9 Å². The molecule has 1 aromatic rings. The van der Waals surface area contributed by atoms with Gasteiger partial charge in [0.25, 0.3) is 0 Å². The summed E-state index contributed by atoms with van der Waals surface area (Å²) in [5, 5.41) is 0.822. The van der Waals surface area contributed by atoms with Crippen molar-refractivity contribution in [2.24, 2.45) is 0 Å². The predicted octanol–water partition coefficient (Wildman–Crippen LogP) is 2.96. The summed E-state index contributed by atoms with van der Waals surface area (Å²) in [6.45, 7) is 4.08. The first-order valence-corrected chi connectivity index (χ1v) is 6.27. The molecule has 3 heteroatoms. The van der Waals surface area contributed by atoms with E-state index >= 15 is 0 Å². The average Bonchev–Trinajstić information content (AvgIpc) is 1.85. The zero-order valence-electron chi connectivity index (χ0n) is 6.44. The van der Waals surface area contributed by atoms with Crippen molar-refractivity contribution in [1.29, 1.82) is 0 Å². The van der Waals surface area contributed by atoms with Crippen molar-refractivity contribution in [2.75, 3.05) is 13.3 Å². The molecule has 0 spiro atoms. The first kappa shape index (κ1) is 9.15. The summed E-state index contributed by atoms with van der Waals surface area (Å²) in [5.74, 6) is -0.101. The number of hydrogen-bond donors (Lipinski definition) is 0. The van der Waals surface area contributed by atoms with E-state index < -0.39 is 0 Å². The summed E-state index contributed by atoms with van der Waals surface area (Å²) in [4.78, 5) is 0. The van der Waals surface area contributed by atoms with Gasteiger partial charge >= 0.3 is 0 Å². The summed E-state index contributed by atoms with van der Waals surface area (Å²) in [7, 11) is -0.359. The Bertz CT molecular complexity index is 240. The van der Waals surface area contributed by atoms with E-state index in [2.05, 4.69) is 15.9 Å². The Morgan fingerprint density at radius 2 is 2.00 bits per heavy atom. The largest absolute Gasteiger partial charge is 0.206 e. The van der Waals surface area contributed by atoms with Gasteiger partial charge in [-0.15, -0.1) is 0 Å². The molecule has 0 atom stereocenters. The summed E-state index contributed by atoms with van der Waals surface area (Å²) >= 11 is 3.32. The van der Waals surface area contributed by atoms with Crippen molar-refractivity contribution < 1.29 is 4.39 Å². The van der Waals surface area contributed by atoms with Crippen LogP contribution in [-0.4, -0.2) is 13.3 Å². The Kier molecular flexibility index (Phi) is 3.03. The maximum absolute atomic E-state index is 13.1. The fourth-order valence-corrected chi connectivity index (χ4v) is 3.33. The van der Waals surface area contributed by atoms with Crippen LogP contribution in [-0.2, 0) is 0 Å². The molecule has 0 heterocycles. The maximum atomic E-state index is 13.1. The smallest absolute Gasteiger partial charge is 0.131 e. The van der Waals surface area contributed by atoms with Crippen molar-refractivity contribution in [2.45, 2.75) is 0 Å². The first-order chi connectivity index (χ1) is 5.13. The van der Waals surface area contributed by atoms with Crippen molar-refractivity contribution in [3.05, 3.63) is 28.5 Å². The fraction of sp³-hybridized carbons (Fsp3) is 0.250. The van der Waals surface area contributed by atoms with Gasteiger partial charge in [0, 0.05) is 9.78 Å². The molecule has 0 aromatic heterocycles. The Labute approximate surface area is 75.7 Å². The van der Waals surface area contributed by atoms with E-state index in [1.807, 2.05) is 19.4 Å². The molecule has 0 nitrogen and oxygen atoms in total. The van der Waals surface area contributed by atoms with E-state index in [9.17, 15) is 4.39 Å². The standard InChI is InChI=1S/C8H9BrFP/c1-11(2)8-6(9)4-3-5-7(8)10/h3-5H,1-2H3. The number of benzene rings is 1. The Balaban J connectivity index is 3.21. The second kappa shape index (κ2) is 3.64. The molecular weight excluding hydrogens is 226 g/mol. The molecule has 0 N–H and O–H groups in total. The molecule has 0 unspecified atom stereocenters. The third-order valence-corrected chi connectivity index (χ3v) is 3.70. The summed E-state index contributed by atoms with van der Waals surface area (Å²) in [5.41, 5.74) is 0. The molecular formula is C8H9BrFP. The van der Waals surface area contributed by atoms with Crippen molar-refractivity contribution in [3.8, 4) is 0 Å². The first-order valence-electron chi connectivity index (χ1n) is 3.24. The number of hydrogen-bond acceptors (Lipinski definition) is 0. The van der Waals surface area contributed by atoms with Crippen LogP contribution in [0.3, 0.4) is 0 Å². The Morgan fingerprint density at radius 3 is 2.36 bits per heavy atom. The summed E-state index contributed by atoms with van der Waals surface area (Å²) in [6.07, 6.45) is 0. The molecule has 1 aromatic carbocycles. The third kappa shape index (κ3) is 2.00. The van der Waals surface area contributed by atoms with Crippen molar-refractivity contribution in [3.63, 3.8) is 0 Å². The second-order valence-corrected chi connectivity index (χ2v) is 5.56. The lowest BCUT2D eigenvalue weighted by Gasteiger charge is -2.08. The fourth-order valence-electron chi connectivity index (χ4n) is 0.916. The van der Waals surface area contributed by atoms with Crippen molar-refractivity contribution >= 4 is 29.2 Å². The highest BCUT2D eigenvalue weighted by Crippen LogP contribution is 2.29. The average molecular weight is 235 g/mol. The lowest BCUT2D eigenvalue weighted by molar-refractivity contribution is 0.635. The highest BCUT2D eigenvalue weighted by atomic mass is 79.9. The molecule has 0 saturated carbocycles. The van der Waals surface area contributed by atoms with Crippen LogP contribution in [0.2, 0.25) is 0 Å². The molecule has 11 heavy (non-hydrogen) atoms. The topological polar surface area (TPSA) is 0 Å². The molecule has 0 bridgehead atoms. The summed E-state index contributed by atoms with van der Waals surface area (Å²) in [6, 6.07) is 5.09. The molecule has 0 fully saturated rings. The van der Waals surface area contributed by atoms with Gasteiger partial charge < -0.3 is 0 Å². The Morgan fingerprint density at radius 1 is 1.36 bits per heavy atom. The van der Waals surface area contributed by atoms with E-state index in [0.717, 1.165) is 9.78 Å². The zero-order chi connectivity index (χ0) is 8.43. The van der Waals surface area contributed by atoms with Crippen LogP contribution in [0.4, 0.5) is 4.39 Å². The van der Waals surface area contributed by atoms with Gasteiger partial charge in [-0.25, -0.2) is 4.39 Å². The molecule has 60 valence electrons. The Hall–Kier alpha value is 0.0600.